The second-order valence-corrected chi connectivity index (χ2v) is 6.26. The second-order valence-electron chi connectivity index (χ2n) is 5.34. The molecule has 0 spiro atoms. The summed E-state index contributed by atoms with van der Waals surface area (Å²) < 4.78 is 44.9. The number of rotatable bonds is 6. The molecule has 10 heteroatoms. The molecule has 0 saturated carbocycles. The Balaban J connectivity index is 2.20. The summed E-state index contributed by atoms with van der Waals surface area (Å²) in [5.74, 6) is -0.723. The van der Waals surface area contributed by atoms with Gasteiger partial charge in [-0.25, -0.2) is 4.79 Å². The molecule has 140 valence electrons. The fourth-order valence-corrected chi connectivity index (χ4v) is 2.62. The highest BCUT2D eigenvalue weighted by Crippen LogP contribution is 2.32. The maximum absolute atomic E-state index is 13.1. The van der Waals surface area contributed by atoms with Crippen molar-refractivity contribution in [2.45, 2.75) is 18.6 Å². The highest BCUT2D eigenvalue weighted by Gasteiger charge is 2.33. The van der Waals surface area contributed by atoms with Gasteiger partial charge in [0.1, 0.15) is 6.26 Å². The van der Waals surface area contributed by atoms with Crippen LogP contribution in [0.2, 0.25) is 0 Å². The predicted molar refractivity (Wildman–Crippen MR) is 88.8 cm³/mol. The highest BCUT2D eigenvalue weighted by molar-refractivity contribution is 9.10. The average Bonchev–Trinajstić information content (AvgIpc) is 2.98. The summed E-state index contributed by atoms with van der Waals surface area (Å²) in [5, 5.41) is 13.3. The maximum Gasteiger partial charge on any atom is 0.416 e. The van der Waals surface area contributed by atoms with Gasteiger partial charge in [0.25, 0.3) is 5.91 Å². The Morgan fingerprint density at radius 2 is 1.96 bits per heavy atom. The monoisotopic (exact) mass is 434 g/mol. The Labute approximate surface area is 154 Å². The largest absolute Gasteiger partial charge is 0.465 e. The molecule has 1 atom stereocenters. The van der Waals surface area contributed by atoms with Crippen molar-refractivity contribution in [1.82, 2.24) is 10.6 Å². The number of furan rings is 1. The van der Waals surface area contributed by atoms with E-state index in [-0.39, 0.29) is 24.3 Å². The number of carbonyl (C=O) groups excluding carboxylic acids is 1. The van der Waals surface area contributed by atoms with Crippen molar-refractivity contribution in [1.29, 1.82) is 0 Å². The van der Waals surface area contributed by atoms with Crippen LogP contribution in [0.1, 0.15) is 21.7 Å². The van der Waals surface area contributed by atoms with Crippen LogP contribution < -0.4 is 10.6 Å². The van der Waals surface area contributed by atoms with Crippen molar-refractivity contribution in [3.63, 3.8) is 0 Å². The maximum atomic E-state index is 13.1. The van der Waals surface area contributed by atoms with Gasteiger partial charge in [-0.05, 0) is 34.0 Å². The van der Waals surface area contributed by atoms with E-state index in [2.05, 4.69) is 26.6 Å². The number of halogens is 4. The van der Waals surface area contributed by atoms with E-state index < -0.39 is 29.8 Å². The molecule has 0 unspecified atom stereocenters. The first-order valence-electron chi connectivity index (χ1n) is 7.33. The summed E-state index contributed by atoms with van der Waals surface area (Å²) in [6, 6.07) is 5.40. The summed E-state index contributed by atoms with van der Waals surface area (Å²) in [6.07, 6.45) is -4.85. The van der Waals surface area contributed by atoms with Gasteiger partial charge in [-0.1, -0.05) is 18.2 Å². The van der Waals surface area contributed by atoms with Gasteiger partial charge in [0.2, 0.25) is 0 Å². The van der Waals surface area contributed by atoms with Crippen LogP contribution in [0.25, 0.3) is 0 Å². The molecule has 0 bridgehead atoms. The van der Waals surface area contributed by atoms with Crippen molar-refractivity contribution in [3.8, 4) is 0 Å². The van der Waals surface area contributed by atoms with Gasteiger partial charge in [0.15, 0.2) is 5.76 Å². The average molecular weight is 435 g/mol. The molecule has 6 nitrogen and oxygen atoms in total. The van der Waals surface area contributed by atoms with Gasteiger partial charge < -0.3 is 20.2 Å². The fourth-order valence-electron chi connectivity index (χ4n) is 2.31. The van der Waals surface area contributed by atoms with E-state index in [4.69, 9.17) is 9.52 Å². The Morgan fingerprint density at radius 1 is 1.27 bits per heavy atom. The first-order valence-corrected chi connectivity index (χ1v) is 8.13. The lowest BCUT2D eigenvalue weighted by Gasteiger charge is -2.20. The summed E-state index contributed by atoms with van der Waals surface area (Å²) in [7, 11) is 0. The molecule has 0 aliphatic heterocycles. The minimum absolute atomic E-state index is 0.0543. The van der Waals surface area contributed by atoms with Crippen LogP contribution in [0.4, 0.5) is 18.0 Å². The van der Waals surface area contributed by atoms with Crippen LogP contribution in [0.15, 0.2) is 45.5 Å². The number of alkyl halides is 3. The molecule has 1 aromatic heterocycles. The molecule has 0 fully saturated rings. The van der Waals surface area contributed by atoms with Gasteiger partial charge >= 0.3 is 12.3 Å². The molecule has 1 aromatic carbocycles. The van der Waals surface area contributed by atoms with Crippen molar-refractivity contribution >= 4 is 27.9 Å². The Bertz CT molecular complexity index is 792. The lowest BCUT2D eigenvalue weighted by molar-refractivity contribution is -0.138. The van der Waals surface area contributed by atoms with Crippen LogP contribution in [0.3, 0.4) is 0 Å². The third-order valence-electron chi connectivity index (χ3n) is 3.42. The van der Waals surface area contributed by atoms with Gasteiger partial charge in [-0.2, -0.15) is 13.2 Å². The zero-order chi connectivity index (χ0) is 19.3. The van der Waals surface area contributed by atoms with E-state index in [1.54, 1.807) is 0 Å². The Morgan fingerprint density at radius 3 is 2.54 bits per heavy atom. The highest BCUT2D eigenvalue weighted by atomic mass is 79.9. The SMILES string of the molecule is O=C(O)NC[C@@H](Cc1ccccc1C(F)(F)F)NC(=O)c1cc(Br)co1. The zero-order valence-electron chi connectivity index (χ0n) is 13.1. The van der Waals surface area contributed by atoms with E-state index >= 15 is 0 Å². The topological polar surface area (TPSA) is 91.6 Å². The van der Waals surface area contributed by atoms with Gasteiger partial charge in [-0.3, -0.25) is 4.79 Å². The van der Waals surface area contributed by atoms with Crippen LogP contribution in [-0.4, -0.2) is 29.7 Å². The number of carbonyl (C=O) groups is 2. The molecule has 0 radical (unpaired) electrons. The molecule has 0 aliphatic carbocycles. The predicted octanol–water partition coefficient (Wildman–Crippen LogP) is 3.67. The number of amides is 2. The van der Waals surface area contributed by atoms with Crippen LogP contribution in [0, 0.1) is 0 Å². The molecule has 0 aliphatic rings. The smallest absolute Gasteiger partial charge is 0.416 e. The van der Waals surface area contributed by atoms with Crippen LogP contribution in [0.5, 0.6) is 0 Å². The standard InChI is InChI=1S/C16H14BrF3N2O4/c17-10-6-13(26-8-10)14(23)22-11(7-21-15(24)25)5-9-3-1-2-4-12(9)16(18,19)20/h1-4,6,8,11,21H,5,7H2,(H,22,23)(H,24,25)/t11-/m1/s1. The van der Waals surface area contributed by atoms with Crippen LogP contribution >= 0.6 is 15.9 Å². The van der Waals surface area contributed by atoms with Gasteiger partial charge in [-0.15, -0.1) is 0 Å². The van der Waals surface area contributed by atoms with E-state index in [1.807, 2.05) is 0 Å². The quantitative estimate of drug-likeness (QED) is 0.646. The first-order chi connectivity index (χ1) is 12.2. The Hall–Kier alpha value is -2.49. The first kappa shape index (κ1) is 19.8. The lowest BCUT2D eigenvalue weighted by atomic mass is 9.99. The van der Waals surface area contributed by atoms with Crippen molar-refractivity contribution in [3.05, 3.63) is 58.0 Å². The Kier molecular flexibility index (Phi) is 6.30. The number of hydrogen-bond acceptors (Lipinski definition) is 3. The fraction of sp³-hybridized carbons (Fsp3) is 0.250. The lowest BCUT2D eigenvalue weighted by Crippen LogP contribution is -2.44. The normalized spacial score (nSPS) is 12.5. The van der Waals surface area contributed by atoms with Crippen LogP contribution in [-0.2, 0) is 12.6 Å². The molecular weight excluding hydrogens is 421 g/mol. The molecule has 2 amide bonds. The van der Waals surface area contributed by atoms with Crippen molar-refractivity contribution < 1.29 is 32.3 Å². The second kappa shape index (κ2) is 8.26. The van der Waals surface area contributed by atoms with Gasteiger partial charge in [0, 0.05) is 12.6 Å². The van der Waals surface area contributed by atoms with E-state index in [0.29, 0.717) is 4.47 Å². The summed E-state index contributed by atoms with van der Waals surface area (Å²) in [6.45, 7) is -0.269. The molecule has 2 aromatic rings. The molecule has 26 heavy (non-hydrogen) atoms. The number of nitrogens with one attached hydrogen (secondary N) is 2. The summed E-state index contributed by atoms with van der Waals surface area (Å²) in [4.78, 5) is 22.9. The van der Waals surface area contributed by atoms with Crippen molar-refractivity contribution in [2.75, 3.05) is 6.54 Å². The molecule has 3 N–H and O–H groups in total. The van der Waals surface area contributed by atoms with Gasteiger partial charge in [0.05, 0.1) is 16.1 Å². The number of benzene rings is 1. The van der Waals surface area contributed by atoms with E-state index in [1.165, 1.54) is 30.5 Å². The third-order valence-corrected chi connectivity index (χ3v) is 3.83. The minimum atomic E-state index is -4.56. The molecule has 2 rings (SSSR count). The molecule has 1 heterocycles. The third kappa shape index (κ3) is 5.51. The van der Waals surface area contributed by atoms with E-state index in [0.717, 1.165) is 6.07 Å². The minimum Gasteiger partial charge on any atom is -0.465 e. The van der Waals surface area contributed by atoms with Crippen molar-refractivity contribution in [2.24, 2.45) is 0 Å². The zero-order valence-corrected chi connectivity index (χ0v) is 14.7. The van der Waals surface area contributed by atoms with E-state index in [9.17, 15) is 22.8 Å². The molecule has 0 saturated heterocycles. The summed E-state index contributed by atoms with van der Waals surface area (Å²) in [5.41, 5.74) is -0.895. The summed E-state index contributed by atoms with van der Waals surface area (Å²) >= 11 is 3.11. The number of hydrogen-bond donors (Lipinski definition) is 3. The number of carboxylic acid groups (broad SMARTS) is 1. The molecular formula is C16H14BrF3N2O4.